The monoisotopic (exact) mass is 250 g/mol. The summed E-state index contributed by atoms with van der Waals surface area (Å²) in [5.41, 5.74) is 0. The van der Waals surface area contributed by atoms with E-state index in [1.165, 1.54) is 0 Å². The third-order valence-electron chi connectivity index (χ3n) is 2.05. The zero-order chi connectivity index (χ0) is 12.6. The largest absolute Gasteiger partial charge is 0.396 e. The fourth-order valence-electron chi connectivity index (χ4n) is 1.17. The third kappa shape index (κ3) is 15.8. The van der Waals surface area contributed by atoms with E-state index in [4.69, 9.17) is 24.4 Å². The molecule has 0 radical (unpaired) electrons. The Balaban J connectivity index is 2.85. The molecule has 104 valence electrons. The number of ether oxygens (including phenoxy) is 3. The van der Waals surface area contributed by atoms with Crippen LogP contribution in [0, 0.1) is 0 Å². The lowest BCUT2D eigenvalue weighted by atomic mass is 10.4. The number of aliphatic hydroxyl groups is 2. The molecule has 0 spiro atoms. The molecule has 0 aliphatic rings. The van der Waals surface area contributed by atoms with Gasteiger partial charge in [-0.25, -0.2) is 0 Å². The van der Waals surface area contributed by atoms with Gasteiger partial charge in [0.1, 0.15) is 0 Å². The summed E-state index contributed by atoms with van der Waals surface area (Å²) >= 11 is 0. The predicted octanol–water partition coefficient (Wildman–Crippen LogP) is 0.581. The van der Waals surface area contributed by atoms with Crippen LogP contribution in [0.4, 0.5) is 0 Å². The smallest absolute Gasteiger partial charge is 0.0488 e. The van der Waals surface area contributed by atoms with Gasteiger partial charge in [0.2, 0.25) is 0 Å². The molecule has 0 heterocycles. The van der Waals surface area contributed by atoms with Crippen LogP contribution in [0.3, 0.4) is 0 Å². The molecule has 0 fully saturated rings. The van der Waals surface area contributed by atoms with Gasteiger partial charge < -0.3 is 24.4 Å². The van der Waals surface area contributed by atoms with E-state index < -0.39 is 0 Å². The average Bonchev–Trinajstić information content (AvgIpc) is 2.35. The molecule has 0 saturated carbocycles. The maximum Gasteiger partial charge on any atom is 0.0488 e. The molecule has 0 aliphatic heterocycles. The molecule has 17 heavy (non-hydrogen) atoms. The first kappa shape index (κ1) is 16.8. The van der Waals surface area contributed by atoms with Crippen LogP contribution in [0.1, 0.15) is 25.7 Å². The van der Waals surface area contributed by atoms with Crippen LogP contribution < -0.4 is 0 Å². The molecule has 0 aromatic heterocycles. The van der Waals surface area contributed by atoms with Gasteiger partial charge in [0.15, 0.2) is 0 Å². The fraction of sp³-hybridized carbons (Fsp3) is 1.00. The molecule has 5 nitrogen and oxygen atoms in total. The maximum absolute atomic E-state index is 8.51. The Kier molecular flexibility index (Phi) is 15.6. The van der Waals surface area contributed by atoms with Crippen molar-refractivity contribution in [2.24, 2.45) is 0 Å². The van der Waals surface area contributed by atoms with E-state index in [2.05, 4.69) is 0 Å². The normalized spacial score (nSPS) is 10.9. The summed E-state index contributed by atoms with van der Waals surface area (Å²) in [4.78, 5) is 0. The van der Waals surface area contributed by atoms with Gasteiger partial charge in [-0.3, -0.25) is 0 Å². The van der Waals surface area contributed by atoms with Gasteiger partial charge in [-0.2, -0.15) is 0 Å². The highest BCUT2D eigenvalue weighted by atomic mass is 16.5. The van der Waals surface area contributed by atoms with Gasteiger partial charge in [-0.1, -0.05) is 0 Å². The number of hydrogen-bond donors (Lipinski definition) is 2. The Morgan fingerprint density at radius 3 is 1.06 bits per heavy atom. The lowest BCUT2D eigenvalue weighted by Crippen LogP contribution is -2.06. The molecule has 0 atom stereocenters. The van der Waals surface area contributed by atoms with Crippen LogP contribution in [-0.2, 0) is 14.2 Å². The van der Waals surface area contributed by atoms with Crippen molar-refractivity contribution in [3.05, 3.63) is 0 Å². The van der Waals surface area contributed by atoms with Gasteiger partial charge in [0.05, 0.1) is 0 Å². The minimum Gasteiger partial charge on any atom is -0.396 e. The second kappa shape index (κ2) is 15.8. The van der Waals surface area contributed by atoms with Crippen LogP contribution in [-0.4, -0.2) is 63.1 Å². The first-order chi connectivity index (χ1) is 8.41. The highest BCUT2D eigenvalue weighted by Crippen LogP contribution is 1.90. The standard InChI is InChI=1S/C12H26O5/c13-5-1-7-15-9-3-11-17-12-4-10-16-8-2-6-14/h13-14H,1-12H2. The number of rotatable bonds is 14. The Labute approximate surface area is 104 Å². The number of hydrogen-bond acceptors (Lipinski definition) is 5. The van der Waals surface area contributed by atoms with E-state index >= 15 is 0 Å². The summed E-state index contributed by atoms with van der Waals surface area (Å²) in [5.74, 6) is 0. The van der Waals surface area contributed by atoms with Crippen molar-refractivity contribution in [3.8, 4) is 0 Å². The molecule has 0 aromatic rings. The van der Waals surface area contributed by atoms with Gasteiger partial charge in [0.25, 0.3) is 0 Å². The van der Waals surface area contributed by atoms with Gasteiger partial charge in [0, 0.05) is 52.9 Å². The molecule has 0 amide bonds. The van der Waals surface area contributed by atoms with Crippen molar-refractivity contribution in [2.75, 3.05) is 52.9 Å². The summed E-state index contributed by atoms with van der Waals surface area (Å²) in [6.07, 6.45) is 3.17. The molecule has 0 bridgehead atoms. The third-order valence-corrected chi connectivity index (χ3v) is 2.05. The minimum atomic E-state index is 0.187. The molecule has 0 aliphatic carbocycles. The molecule has 0 aromatic carbocycles. The zero-order valence-electron chi connectivity index (χ0n) is 10.6. The Bertz CT molecular complexity index is 118. The molecule has 5 heteroatoms. The second-order valence-corrected chi connectivity index (χ2v) is 3.70. The molecule has 2 N–H and O–H groups in total. The summed E-state index contributed by atoms with van der Waals surface area (Å²) in [6.45, 7) is 4.40. The first-order valence-electron chi connectivity index (χ1n) is 6.36. The Morgan fingerprint density at radius 1 is 0.471 bits per heavy atom. The maximum atomic E-state index is 8.51. The van der Waals surface area contributed by atoms with Crippen molar-refractivity contribution in [3.63, 3.8) is 0 Å². The van der Waals surface area contributed by atoms with Gasteiger partial charge in [-0.15, -0.1) is 0 Å². The van der Waals surface area contributed by atoms with Crippen molar-refractivity contribution in [1.29, 1.82) is 0 Å². The molecular weight excluding hydrogens is 224 g/mol. The van der Waals surface area contributed by atoms with Crippen LogP contribution in [0.5, 0.6) is 0 Å². The lowest BCUT2D eigenvalue weighted by molar-refractivity contribution is 0.0579. The highest BCUT2D eigenvalue weighted by Gasteiger charge is 1.92. The fourth-order valence-corrected chi connectivity index (χ4v) is 1.17. The summed E-state index contributed by atoms with van der Waals surface area (Å²) in [6, 6.07) is 0. The quantitative estimate of drug-likeness (QED) is 0.441. The van der Waals surface area contributed by atoms with E-state index in [1.807, 2.05) is 0 Å². The van der Waals surface area contributed by atoms with Crippen LogP contribution in [0.15, 0.2) is 0 Å². The molecule has 0 saturated heterocycles. The average molecular weight is 250 g/mol. The van der Waals surface area contributed by atoms with E-state index in [-0.39, 0.29) is 13.2 Å². The summed E-state index contributed by atoms with van der Waals surface area (Å²) in [5, 5.41) is 17.0. The van der Waals surface area contributed by atoms with Gasteiger partial charge in [-0.05, 0) is 25.7 Å². The SMILES string of the molecule is OCCCOCCCOCCCOCCCO. The van der Waals surface area contributed by atoms with E-state index in [0.717, 1.165) is 12.8 Å². The van der Waals surface area contributed by atoms with Crippen molar-refractivity contribution >= 4 is 0 Å². The van der Waals surface area contributed by atoms with Crippen molar-refractivity contribution in [1.82, 2.24) is 0 Å². The minimum absolute atomic E-state index is 0.187. The van der Waals surface area contributed by atoms with Crippen LogP contribution >= 0.6 is 0 Å². The van der Waals surface area contributed by atoms with Crippen molar-refractivity contribution in [2.45, 2.75) is 25.7 Å². The zero-order valence-corrected chi connectivity index (χ0v) is 10.6. The topological polar surface area (TPSA) is 68.2 Å². The first-order valence-corrected chi connectivity index (χ1v) is 6.36. The van der Waals surface area contributed by atoms with Crippen LogP contribution in [0.2, 0.25) is 0 Å². The Hall–Kier alpha value is -0.200. The van der Waals surface area contributed by atoms with E-state index in [9.17, 15) is 0 Å². The van der Waals surface area contributed by atoms with E-state index in [0.29, 0.717) is 52.5 Å². The summed E-state index contributed by atoms with van der Waals surface area (Å²) < 4.78 is 15.9. The Morgan fingerprint density at radius 2 is 0.765 bits per heavy atom. The lowest BCUT2D eigenvalue weighted by Gasteiger charge is -2.05. The second-order valence-electron chi connectivity index (χ2n) is 3.70. The highest BCUT2D eigenvalue weighted by molar-refractivity contribution is 4.39. The molecular formula is C12H26O5. The van der Waals surface area contributed by atoms with Gasteiger partial charge >= 0.3 is 0 Å². The summed E-state index contributed by atoms with van der Waals surface area (Å²) in [7, 11) is 0. The van der Waals surface area contributed by atoms with E-state index in [1.54, 1.807) is 0 Å². The predicted molar refractivity (Wildman–Crippen MR) is 65.1 cm³/mol. The molecule has 0 unspecified atom stereocenters. The molecule has 0 rings (SSSR count). The van der Waals surface area contributed by atoms with Crippen LogP contribution in [0.25, 0.3) is 0 Å². The van der Waals surface area contributed by atoms with Crippen molar-refractivity contribution < 1.29 is 24.4 Å². The number of aliphatic hydroxyl groups excluding tert-OH is 2.